The molecule has 2 atom stereocenters. The van der Waals surface area contributed by atoms with E-state index in [1.165, 1.54) is 22.7 Å². The van der Waals surface area contributed by atoms with Crippen LogP contribution in [0.2, 0.25) is 5.02 Å². The van der Waals surface area contributed by atoms with Gasteiger partial charge in [-0.2, -0.15) is 0 Å². The van der Waals surface area contributed by atoms with Crippen LogP contribution in [0.15, 0.2) is 47.4 Å². The zero-order valence-electron chi connectivity index (χ0n) is 17.2. The van der Waals surface area contributed by atoms with Crippen molar-refractivity contribution in [1.82, 2.24) is 5.32 Å². The second-order valence-corrected chi connectivity index (χ2v) is 9.94. The predicted molar refractivity (Wildman–Crippen MR) is 118 cm³/mol. The number of hydrogen-bond donors (Lipinski definition) is 1. The molecule has 0 fully saturated rings. The van der Waals surface area contributed by atoms with E-state index in [2.05, 4.69) is 5.32 Å². The SMILES string of the molecule is CC1Sc2cccc(F)c2N(Cc2ccc(Cl)cc2)C(=O)[C@H]1NC(=O)OC(C)(C)C. The molecule has 1 aliphatic rings. The second-order valence-electron chi connectivity index (χ2n) is 8.08. The maximum atomic E-state index is 14.8. The van der Waals surface area contributed by atoms with Crippen molar-refractivity contribution in [2.24, 2.45) is 0 Å². The Morgan fingerprint density at radius 3 is 2.53 bits per heavy atom. The standard InChI is InChI=1S/C22H24ClFN2O3S/c1-13-18(25-21(28)29-22(2,3)4)20(27)26(12-14-8-10-15(23)11-9-14)19-16(24)6-5-7-17(19)30-13/h5-11,13,18H,12H2,1-4H3,(H,25,28)/t13?,18-/m0/s1. The number of carbonyl (C=O) groups excluding carboxylic acids is 2. The molecule has 160 valence electrons. The molecule has 0 radical (unpaired) electrons. The van der Waals surface area contributed by atoms with E-state index in [-0.39, 0.29) is 17.5 Å². The van der Waals surface area contributed by atoms with Crippen molar-refractivity contribution in [3.05, 3.63) is 58.9 Å². The van der Waals surface area contributed by atoms with Crippen molar-refractivity contribution >= 4 is 41.1 Å². The summed E-state index contributed by atoms with van der Waals surface area (Å²) >= 11 is 7.30. The second kappa shape index (κ2) is 8.86. The van der Waals surface area contributed by atoms with Crippen molar-refractivity contribution in [3.63, 3.8) is 0 Å². The topological polar surface area (TPSA) is 58.6 Å². The number of hydrogen-bond acceptors (Lipinski definition) is 4. The monoisotopic (exact) mass is 450 g/mol. The van der Waals surface area contributed by atoms with Crippen molar-refractivity contribution < 1.29 is 18.7 Å². The number of nitrogens with one attached hydrogen (secondary N) is 1. The smallest absolute Gasteiger partial charge is 0.408 e. The molecule has 0 bridgehead atoms. The molecule has 1 N–H and O–H groups in total. The van der Waals surface area contributed by atoms with E-state index in [1.54, 1.807) is 57.2 Å². The number of benzene rings is 2. The highest BCUT2D eigenvalue weighted by molar-refractivity contribution is 8.00. The molecule has 2 aromatic rings. The number of anilines is 1. The van der Waals surface area contributed by atoms with Crippen LogP contribution in [0.5, 0.6) is 0 Å². The lowest BCUT2D eigenvalue weighted by molar-refractivity contribution is -0.120. The summed E-state index contributed by atoms with van der Waals surface area (Å²) in [6, 6.07) is 10.8. The Labute approximate surface area is 184 Å². The van der Waals surface area contributed by atoms with Crippen molar-refractivity contribution in [3.8, 4) is 0 Å². The van der Waals surface area contributed by atoms with Gasteiger partial charge in [0.1, 0.15) is 17.5 Å². The van der Waals surface area contributed by atoms with Crippen LogP contribution < -0.4 is 10.2 Å². The summed E-state index contributed by atoms with van der Waals surface area (Å²) in [5, 5.41) is 2.92. The third-order valence-electron chi connectivity index (χ3n) is 4.46. The number of carbonyl (C=O) groups is 2. The van der Waals surface area contributed by atoms with Gasteiger partial charge in [0.2, 0.25) is 0 Å². The number of rotatable bonds is 3. The van der Waals surface area contributed by atoms with Gasteiger partial charge in [0.15, 0.2) is 0 Å². The van der Waals surface area contributed by atoms with E-state index in [4.69, 9.17) is 16.3 Å². The molecule has 0 aliphatic carbocycles. The molecule has 5 nitrogen and oxygen atoms in total. The number of ether oxygens (including phenoxy) is 1. The number of fused-ring (bicyclic) bond motifs is 1. The fourth-order valence-electron chi connectivity index (χ4n) is 3.14. The summed E-state index contributed by atoms with van der Waals surface area (Å²) in [6.45, 7) is 7.21. The van der Waals surface area contributed by atoms with Gasteiger partial charge in [0.25, 0.3) is 5.91 Å². The van der Waals surface area contributed by atoms with E-state index in [0.717, 1.165) is 5.56 Å². The molecule has 0 saturated heterocycles. The van der Waals surface area contributed by atoms with Crippen LogP contribution in [0.25, 0.3) is 0 Å². The number of thioether (sulfide) groups is 1. The van der Waals surface area contributed by atoms with Gasteiger partial charge in [-0.25, -0.2) is 9.18 Å². The Kier molecular flexibility index (Phi) is 6.62. The van der Waals surface area contributed by atoms with E-state index in [0.29, 0.717) is 9.92 Å². The van der Waals surface area contributed by atoms with Gasteiger partial charge in [-0.05, 0) is 50.6 Å². The average Bonchev–Trinajstić information content (AvgIpc) is 2.73. The Balaban J connectivity index is 1.97. The number of alkyl carbamates (subject to hydrolysis) is 1. The summed E-state index contributed by atoms with van der Waals surface area (Å²) in [7, 11) is 0. The van der Waals surface area contributed by atoms with Crippen LogP contribution >= 0.6 is 23.4 Å². The quantitative estimate of drug-likeness (QED) is 0.680. The summed E-state index contributed by atoms with van der Waals surface area (Å²) < 4.78 is 20.2. The molecule has 3 rings (SSSR count). The molecule has 0 saturated carbocycles. The Hall–Kier alpha value is -2.25. The van der Waals surface area contributed by atoms with E-state index >= 15 is 0 Å². The highest BCUT2D eigenvalue weighted by Crippen LogP contribution is 2.40. The van der Waals surface area contributed by atoms with E-state index < -0.39 is 29.5 Å². The molecular weight excluding hydrogens is 427 g/mol. The van der Waals surface area contributed by atoms with Gasteiger partial charge < -0.3 is 15.0 Å². The van der Waals surface area contributed by atoms with Crippen LogP contribution in [0.1, 0.15) is 33.3 Å². The van der Waals surface area contributed by atoms with Crippen LogP contribution in [-0.4, -0.2) is 28.9 Å². The molecule has 0 spiro atoms. The van der Waals surface area contributed by atoms with Crippen LogP contribution in [0.4, 0.5) is 14.9 Å². The van der Waals surface area contributed by atoms with Gasteiger partial charge in [0.05, 0.1) is 12.2 Å². The van der Waals surface area contributed by atoms with Crippen molar-refractivity contribution in [2.45, 2.75) is 56.0 Å². The summed E-state index contributed by atoms with van der Waals surface area (Å²) in [6.07, 6.45) is -0.689. The number of nitrogens with zero attached hydrogens (tertiary/aromatic N) is 1. The number of halogens is 2. The lowest BCUT2D eigenvalue weighted by Crippen LogP contribution is -2.53. The first-order chi connectivity index (χ1) is 14.0. The molecule has 30 heavy (non-hydrogen) atoms. The summed E-state index contributed by atoms with van der Waals surface area (Å²) in [5.41, 5.74) is 0.298. The molecular formula is C22H24ClFN2O3S. The number of para-hydroxylation sites is 1. The molecule has 0 aromatic heterocycles. The lowest BCUT2D eigenvalue weighted by atomic mass is 10.1. The molecule has 1 unspecified atom stereocenters. The largest absolute Gasteiger partial charge is 0.444 e. The highest BCUT2D eigenvalue weighted by atomic mass is 35.5. The van der Waals surface area contributed by atoms with Crippen molar-refractivity contribution in [1.29, 1.82) is 0 Å². The Morgan fingerprint density at radius 2 is 1.90 bits per heavy atom. The zero-order chi connectivity index (χ0) is 22.1. The Morgan fingerprint density at radius 1 is 1.23 bits per heavy atom. The van der Waals surface area contributed by atoms with Gasteiger partial charge in [-0.3, -0.25) is 4.79 Å². The average molecular weight is 451 g/mol. The van der Waals surface area contributed by atoms with E-state index in [1.807, 2.05) is 6.92 Å². The minimum atomic E-state index is -0.885. The van der Waals surface area contributed by atoms with Crippen LogP contribution in [0.3, 0.4) is 0 Å². The fraction of sp³-hybridized carbons (Fsp3) is 0.364. The van der Waals surface area contributed by atoms with Crippen molar-refractivity contribution in [2.75, 3.05) is 4.90 Å². The maximum absolute atomic E-state index is 14.8. The minimum Gasteiger partial charge on any atom is -0.444 e. The maximum Gasteiger partial charge on any atom is 0.408 e. The lowest BCUT2D eigenvalue weighted by Gasteiger charge is -2.28. The predicted octanol–water partition coefficient (Wildman–Crippen LogP) is 5.40. The molecule has 2 aromatic carbocycles. The molecule has 1 heterocycles. The first-order valence-electron chi connectivity index (χ1n) is 9.55. The Bertz CT molecular complexity index is 946. The minimum absolute atomic E-state index is 0.143. The molecule has 1 aliphatic heterocycles. The third kappa shape index (κ3) is 5.26. The van der Waals surface area contributed by atoms with Gasteiger partial charge in [0, 0.05) is 15.2 Å². The van der Waals surface area contributed by atoms with E-state index in [9.17, 15) is 14.0 Å². The normalized spacial score (nSPS) is 19.1. The van der Waals surface area contributed by atoms with Gasteiger partial charge in [-0.15, -0.1) is 11.8 Å². The van der Waals surface area contributed by atoms with Gasteiger partial charge in [-0.1, -0.05) is 36.7 Å². The first kappa shape index (κ1) is 22.4. The summed E-state index contributed by atoms with van der Waals surface area (Å²) in [4.78, 5) is 27.9. The van der Waals surface area contributed by atoms with Crippen LogP contribution in [-0.2, 0) is 16.1 Å². The third-order valence-corrected chi connectivity index (χ3v) is 5.94. The molecule has 8 heteroatoms. The summed E-state index contributed by atoms with van der Waals surface area (Å²) in [5.74, 6) is -0.896. The fourth-order valence-corrected chi connectivity index (χ4v) is 4.47. The first-order valence-corrected chi connectivity index (χ1v) is 10.8. The number of amides is 2. The highest BCUT2D eigenvalue weighted by Gasteiger charge is 2.38. The zero-order valence-corrected chi connectivity index (χ0v) is 18.8. The van der Waals surface area contributed by atoms with Crippen LogP contribution in [0, 0.1) is 5.82 Å². The van der Waals surface area contributed by atoms with Gasteiger partial charge >= 0.3 is 6.09 Å². The molecule has 2 amide bonds.